The average Bonchev–Trinajstić information content (AvgIpc) is 2.27. The van der Waals surface area contributed by atoms with Crippen molar-refractivity contribution in [3.63, 3.8) is 0 Å². The third kappa shape index (κ3) is 3.19. The van der Waals surface area contributed by atoms with Crippen LogP contribution in [0.4, 0.5) is 0 Å². The molecule has 1 aliphatic heterocycles. The van der Waals surface area contributed by atoms with Gasteiger partial charge in [-0.3, -0.25) is 4.79 Å². The average molecular weight is 228 g/mol. The quantitative estimate of drug-likeness (QED) is 0.779. The van der Waals surface area contributed by atoms with Crippen molar-refractivity contribution < 1.29 is 9.53 Å². The van der Waals surface area contributed by atoms with E-state index in [0.29, 0.717) is 25.6 Å². The van der Waals surface area contributed by atoms with E-state index in [1.54, 1.807) is 0 Å². The van der Waals surface area contributed by atoms with E-state index in [2.05, 4.69) is 13.8 Å². The summed E-state index contributed by atoms with van der Waals surface area (Å²) in [6, 6.07) is -0.0232. The summed E-state index contributed by atoms with van der Waals surface area (Å²) in [5.74, 6) is 0.680. The van der Waals surface area contributed by atoms with Crippen molar-refractivity contribution in [2.75, 3.05) is 19.7 Å². The highest BCUT2D eigenvalue weighted by Gasteiger charge is 2.29. The summed E-state index contributed by atoms with van der Waals surface area (Å²) in [5.41, 5.74) is 5.80. The molecule has 1 rings (SSSR count). The molecular formula is C12H24N2O2. The van der Waals surface area contributed by atoms with E-state index in [1.165, 1.54) is 0 Å². The minimum absolute atomic E-state index is 0.0166. The van der Waals surface area contributed by atoms with Crippen molar-refractivity contribution in [1.29, 1.82) is 0 Å². The lowest BCUT2D eigenvalue weighted by Crippen LogP contribution is -2.52. The highest BCUT2D eigenvalue weighted by molar-refractivity contribution is 5.78. The van der Waals surface area contributed by atoms with Crippen LogP contribution in [0.1, 0.15) is 27.7 Å². The molecule has 4 heteroatoms. The van der Waals surface area contributed by atoms with Gasteiger partial charge < -0.3 is 15.4 Å². The number of carbonyl (C=O) groups is 1. The van der Waals surface area contributed by atoms with Crippen LogP contribution in [-0.2, 0) is 9.53 Å². The van der Waals surface area contributed by atoms with E-state index in [4.69, 9.17) is 10.5 Å². The summed E-state index contributed by atoms with van der Waals surface area (Å²) in [7, 11) is 0. The summed E-state index contributed by atoms with van der Waals surface area (Å²) >= 11 is 0. The van der Waals surface area contributed by atoms with Crippen molar-refractivity contribution in [1.82, 2.24) is 4.90 Å². The van der Waals surface area contributed by atoms with Gasteiger partial charge in [0.15, 0.2) is 0 Å². The molecule has 1 fully saturated rings. The molecule has 3 atom stereocenters. The summed E-state index contributed by atoms with van der Waals surface area (Å²) < 4.78 is 5.54. The Bertz CT molecular complexity index is 241. The summed E-state index contributed by atoms with van der Waals surface area (Å²) in [6.45, 7) is 9.99. The standard InChI is InChI=1S/C12H24N2O2/c1-8(2)9(3)12(15)14-5-6-16-11(7-14)10(4)13/h8-11H,5-7,13H2,1-4H3. The van der Waals surface area contributed by atoms with E-state index in [1.807, 2.05) is 18.7 Å². The van der Waals surface area contributed by atoms with Gasteiger partial charge in [-0.25, -0.2) is 0 Å². The van der Waals surface area contributed by atoms with Crippen LogP contribution in [0, 0.1) is 11.8 Å². The molecule has 0 radical (unpaired) electrons. The Morgan fingerprint density at radius 3 is 2.50 bits per heavy atom. The number of nitrogens with two attached hydrogens (primary N) is 1. The SMILES string of the molecule is CC(C)C(C)C(=O)N1CCOC(C(C)N)C1. The van der Waals surface area contributed by atoms with Gasteiger partial charge in [0.05, 0.1) is 12.7 Å². The first-order valence-electron chi connectivity index (χ1n) is 6.09. The van der Waals surface area contributed by atoms with Gasteiger partial charge in [0, 0.05) is 25.0 Å². The predicted octanol–water partition coefficient (Wildman–Crippen LogP) is 0.853. The van der Waals surface area contributed by atoms with Gasteiger partial charge in [0.2, 0.25) is 5.91 Å². The monoisotopic (exact) mass is 228 g/mol. The second kappa shape index (κ2) is 5.64. The zero-order valence-corrected chi connectivity index (χ0v) is 10.8. The Morgan fingerprint density at radius 2 is 2.00 bits per heavy atom. The first-order valence-corrected chi connectivity index (χ1v) is 6.09. The molecule has 94 valence electrons. The van der Waals surface area contributed by atoms with Crippen LogP contribution >= 0.6 is 0 Å². The lowest BCUT2D eigenvalue weighted by atomic mass is 9.96. The topological polar surface area (TPSA) is 55.6 Å². The fraction of sp³-hybridized carbons (Fsp3) is 0.917. The second-order valence-corrected chi connectivity index (χ2v) is 5.09. The van der Waals surface area contributed by atoms with Crippen LogP contribution in [0.3, 0.4) is 0 Å². The Labute approximate surface area is 98.1 Å². The summed E-state index contributed by atoms with van der Waals surface area (Å²) in [5, 5.41) is 0. The van der Waals surface area contributed by atoms with Gasteiger partial charge in [-0.1, -0.05) is 20.8 Å². The molecule has 0 aliphatic carbocycles. The maximum atomic E-state index is 12.1. The maximum Gasteiger partial charge on any atom is 0.225 e. The molecule has 16 heavy (non-hydrogen) atoms. The number of nitrogens with zero attached hydrogens (tertiary/aromatic N) is 1. The molecule has 3 unspecified atom stereocenters. The van der Waals surface area contributed by atoms with Gasteiger partial charge in [-0.15, -0.1) is 0 Å². The molecule has 2 N–H and O–H groups in total. The van der Waals surface area contributed by atoms with Gasteiger partial charge in [0.25, 0.3) is 0 Å². The number of amides is 1. The summed E-state index contributed by atoms with van der Waals surface area (Å²) in [6.07, 6.45) is -0.0166. The van der Waals surface area contributed by atoms with Crippen LogP contribution in [0.25, 0.3) is 0 Å². The van der Waals surface area contributed by atoms with Crippen LogP contribution < -0.4 is 5.73 Å². The van der Waals surface area contributed by atoms with E-state index in [0.717, 1.165) is 0 Å². The fourth-order valence-corrected chi connectivity index (χ4v) is 1.77. The zero-order chi connectivity index (χ0) is 12.3. The number of rotatable bonds is 3. The van der Waals surface area contributed by atoms with E-state index in [9.17, 15) is 4.79 Å². The molecule has 1 saturated heterocycles. The first kappa shape index (κ1) is 13.5. The van der Waals surface area contributed by atoms with Gasteiger partial charge in [-0.05, 0) is 12.8 Å². The normalized spacial score (nSPS) is 25.6. The van der Waals surface area contributed by atoms with Crippen molar-refractivity contribution >= 4 is 5.91 Å². The minimum atomic E-state index is -0.0232. The van der Waals surface area contributed by atoms with Crippen molar-refractivity contribution in [2.45, 2.75) is 39.8 Å². The maximum absolute atomic E-state index is 12.1. The van der Waals surface area contributed by atoms with Gasteiger partial charge >= 0.3 is 0 Å². The lowest BCUT2D eigenvalue weighted by molar-refractivity contribution is -0.144. The Hall–Kier alpha value is -0.610. The fourth-order valence-electron chi connectivity index (χ4n) is 1.77. The van der Waals surface area contributed by atoms with Crippen molar-refractivity contribution in [2.24, 2.45) is 17.6 Å². The third-order valence-corrected chi connectivity index (χ3v) is 3.38. The molecule has 0 aromatic carbocycles. The Balaban J connectivity index is 2.56. The highest BCUT2D eigenvalue weighted by atomic mass is 16.5. The van der Waals surface area contributed by atoms with E-state index in [-0.39, 0.29) is 24.0 Å². The zero-order valence-electron chi connectivity index (χ0n) is 10.8. The molecule has 1 aliphatic rings. The molecule has 4 nitrogen and oxygen atoms in total. The summed E-state index contributed by atoms with van der Waals surface area (Å²) in [4.78, 5) is 14.0. The highest BCUT2D eigenvalue weighted by Crippen LogP contribution is 2.16. The van der Waals surface area contributed by atoms with Crippen molar-refractivity contribution in [3.05, 3.63) is 0 Å². The first-order chi connectivity index (χ1) is 7.43. The number of hydrogen-bond acceptors (Lipinski definition) is 3. The minimum Gasteiger partial charge on any atom is -0.373 e. The largest absolute Gasteiger partial charge is 0.373 e. The smallest absolute Gasteiger partial charge is 0.225 e. The van der Waals surface area contributed by atoms with Gasteiger partial charge in [-0.2, -0.15) is 0 Å². The molecular weight excluding hydrogens is 204 g/mol. The third-order valence-electron chi connectivity index (χ3n) is 3.38. The van der Waals surface area contributed by atoms with Crippen LogP contribution in [-0.4, -0.2) is 42.6 Å². The number of morpholine rings is 1. The Morgan fingerprint density at radius 1 is 1.38 bits per heavy atom. The number of hydrogen-bond donors (Lipinski definition) is 1. The molecule has 1 heterocycles. The van der Waals surface area contributed by atoms with Crippen LogP contribution in [0.15, 0.2) is 0 Å². The molecule has 0 spiro atoms. The van der Waals surface area contributed by atoms with Crippen LogP contribution in [0.5, 0.6) is 0 Å². The Kier molecular flexibility index (Phi) is 4.74. The van der Waals surface area contributed by atoms with Crippen LogP contribution in [0.2, 0.25) is 0 Å². The number of ether oxygens (including phenoxy) is 1. The number of carbonyl (C=O) groups excluding carboxylic acids is 1. The van der Waals surface area contributed by atoms with Crippen molar-refractivity contribution in [3.8, 4) is 0 Å². The molecule has 0 bridgehead atoms. The molecule has 0 aromatic rings. The molecule has 0 aromatic heterocycles. The molecule has 0 saturated carbocycles. The molecule has 1 amide bonds. The van der Waals surface area contributed by atoms with Gasteiger partial charge in [0.1, 0.15) is 0 Å². The second-order valence-electron chi connectivity index (χ2n) is 5.09. The lowest BCUT2D eigenvalue weighted by Gasteiger charge is -2.36. The van der Waals surface area contributed by atoms with E-state index < -0.39 is 0 Å². The van der Waals surface area contributed by atoms with E-state index >= 15 is 0 Å². The predicted molar refractivity (Wildman–Crippen MR) is 64.0 cm³/mol.